The van der Waals surface area contributed by atoms with Crippen LogP contribution in [0.3, 0.4) is 0 Å². The number of anilines is 1. The van der Waals surface area contributed by atoms with Gasteiger partial charge in [-0.1, -0.05) is 12.1 Å². The second kappa shape index (κ2) is 11.2. The summed E-state index contributed by atoms with van der Waals surface area (Å²) in [7, 11) is 1.95. The van der Waals surface area contributed by atoms with Crippen LogP contribution in [0.1, 0.15) is 30.3 Å². The summed E-state index contributed by atoms with van der Waals surface area (Å²) in [5.74, 6) is 1.52. The van der Waals surface area contributed by atoms with Crippen LogP contribution in [0.5, 0.6) is 5.75 Å². The fourth-order valence-corrected chi connectivity index (χ4v) is 3.39. The normalized spacial score (nSPS) is 13.4. The van der Waals surface area contributed by atoms with Crippen molar-refractivity contribution in [3.05, 3.63) is 41.2 Å². The zero-order valence-electron chi connectivity index (χ0n) is 18.1. The number of guanidine groups is 1. The molecule has 1 aliphatic rings. The summed E-state index contributed by atoms with van der Waals surface area (Å²) in [6.07, 6.45) is 0.801. The van der Waals surface area contributed by atoms with Gasteiger partial charge in [0.15, 0.2) is 12.6 Å². The lowest BCUT2D eigenvalue weighted by molar-refractivity contribution is -0.121. The van der Waals surface area contributed by atoms with Gasteiger partial charge in [0.25, 0.3) is 5.91 Å². The molecule has 1 aromatic heterocycles. The Labute approximate surface area is 195 Å². The molecule has 0 bridgehead atoms. The second-order valence-electron chi connectivity index (χ2n) is 7.05. The van der Waals surface area contributed by atoms with Crippen LogP contribution >= 0.6 is 24.0 Å². The van der Waals surface area contributed by atoms with Crippen LogP contribution in [0.4, 0.5) is 5.69 Å². The number of carbonyl (C=O) groups excluding carboxylic acids is 1. The number of amides is 1. The molecule has 3 rings (SSSR count). The first kappa shape index (κ1) is 24.0. The highest BCUT2D eigenvalue weighted by Crippen LogP contribution is 2.31. The Morgan fingerprint density at radius 1 is 1.27 bits per heavy atom. The summed E-state index contributed by atoms with van der Waals surface area (Å²) >= 11 is 0. The molecule has 1 aliphatic heterocycles. The van der Waals surface area contributed by atoms with Gasteiger partial charge in [0.2, 0.25) is 0 Å². The van der Waals surface area contributed by atoms with Gasteiger partial charge >= 0.3 is 0 Å². The number of nitrogens with one attached hydrogen (secondary N) is 2. The first-order valence-corrected chi connectivity index (χ1v) is 10.0. The van der Waals surface area contributed by atoms with E-state index in [1.807, 2.05) is 49.8 Å². The van der Waals surface area contributed by atoms with Gasteiger partial charge < -0.3 is 20.3 Å². The highest BCUT2D eigenvalue weighted by molar-refractivity contribution is 14.0. The molecular weight excluding hydrogens is 495 g/mol. The number of carbonyl (C=O) groups is 1. The van der Waals surface area contributed by atoms with Crippen molar-refractivity contribution in [1.29, 1.82) is 0 Å². The minimum atomic E-state index is -0.00759. The minimum Gasteiger partial charge on any atom is -0.482 e. The topological polar surface area (TPSA) is 83.8 Å². The van der Waals surface area contributed by atoms with Crippen LogP contribution in [0.15, 0.2) is 29.3 Å². The molecule has 0 saturated heterocycles. The summed E-state index contributed by atoms with van der Waals surface area (Å²) in [5, 5.41) is 11.1. The molecule has 2 aromatic rings. The fourth-order valence-electron chi connectivity index (χ4n) is 3.39. The van der Waals surface area contributed by atoms with Crippen molar-refractivity contribution in [2.24, 2.45) is 12.0 Å². The van der Waals surface area contributed by atoms with Gasteiger partial charge in [-0.3, -0.25) is 9.48 Å². The van der Waals surface area contributed by atoms with E-state index in [1.165, 1.54) is 0 Å². The van der Waals surface area contributed by atoms with Crippen molar-refractivity contribution in [1.82, 2.24) is 20.4 Å². The number of benzene rings is 1. The van der Waals surface area contributed by atoms with Crippen LogP contribution in [-0.2, 0) is 18.4 Å². The van der Waals surface area contributed by atoms with Crippen molar-refractivity contribution in [3.8, 4) is 5.75 Å². The SMILES string of the molecule is CCNC(=NCc1c(C)nn(C)c1C)NCCCN1C(=O)COc2ccccc21.I. The van der Waals surface area contributed by atoms with Gasteiger partial charge in [-0.2, -0.15) is 5.10 Å². The van der Waals surface area contributed by atoms with Crippen molar-refractivity contribution in [2.45, 2.75) is 33.7 Å². The number of aryl methyl sites for hydroxylation is 2. The number of nitrogens with zero attached hydrogens (tertiary/aromatic N) is 4. The van der Waals surface area contributed by atoms with E-state index < -0.39 is 0 Å². The van der Waals surface area contributed by atoms with Crippen molar-refractivity contribution in [3.63, 3.8) is 0 Å². The Kier molecular flexibility index (Phi) is 8.94. The number of fused-ring (bicyclic) bond motifs is 1. The van der Waals surface area contributed by atoms with Gasteiger partial charge in [0, 0.05) is 37.9 Å². The molecule has 8 nitrogen and oxygen atoms in total. The van der Waals surface area contributed by atoms with Gasteiger partial charge in [-0.05, 0) is 39.3 Å². The third-order valence-electron chi connectivity index (χ3n) is 5.06. The van der Waals surface area contributed by atoms with Crippen LogP contribution in [0, 0.1) is 13.8 Å². The third kappa shape index (κ3) is 5.65. The van der Waals surface area contributed by atoms with Crippen LogP contribution < -0.4 is 20.3 Å². The van der Waals surface area contributed by atoms with E-state index >= 15 is 0 Å². The number of rotatable bonds is 7. The zero-order chi connectivity index (χ0) is 20.8. The Balaban J connectivity index is 0.00000320. The second-order valence-corrected chi connectivity index (χ2v) is 7.05. The lowest BCUT2D eigenvalue weighted by Gasteiger charge is -2.29. The number of halogens is 1. The van der Waals surface area contributed by atoms with E-state index in [4.69, 9.17) is 9.73 Å². The number of ether oxygens (including phenoxy) is 1. The molecule has 0 aliphatic carbocycles. The molecular formula is C21H31IN6O2. The zero-order valence-corrected chi connectivity index (χ0v) is 20.4. The summed E-state index contributed by atoms with van der Waals surface area (Å²) in [4.78, 5) is 18.7. The molecule has 0 atom stereocenters. The molecule has 0 fully saturated rings. The smallest absolute Gasteiger partial charge is 0.265 e. The lowest BCUT2D eigenvalue weighted by atomic mass is 10.2. The molecule has 9 heteroatoms. The Bertz CT molecular complexity index is 896. The summed E-state index contributed by atoms with van der Waals surface area (Å²) in [5.41, 5.74) is 4.13. The molecule has 1 amide bonds. The molecule has 2 heterocycles. The number of aromatic nitrogens is 2. The van der Waals surface area contributed by atoms with Crippen molar-refractivity contribution < 1.29 is 9.53 Å². The molecule has 0 saturated carbocycles. The van der Waals surface area contributed by atoms with Crippen molar-refractivity contribution in [2.75, 3.05) is 31.1 Å². The molecule has 1 aromatic carbocycles. The first-order chi connectivity index (χ1) is 14.0. The van der Waals surface area contributed by atoms with E-state index in [0.29, 0.717) is 19.6 Å². The summed E-state index contributed by atoms with van der Waals surface area (Å²) in [6, 6.07) is 7.65. The fraction of sp³-hybridized carbons (Fsp3) is 0.476. The standard InChI is InChI=1S/C21H30N6O2.HI/c1-5-22-21(24-13-17-15(2)25-26(4)16(17)3)23-11-8-12-27-18-9-6-7-10-19(18)29-14-20(27)28;/h6-7,9-10H,5,8,11-14H2,1-4H3,(H2,22,23,24);1H. The Hall–Kier alpha value is -2.30. The molecule has 164 valence electrons. The summed E-state index contributed by atoms with van der Waals surface area (Å²) in [6.45, 7) is 8.91. The molecule has 2 N–H and O–H groups in total. The number of hydrogen-bond acceptors (Lipinski definition) is 4. The van der Waals surface area contributed by atoms with E-state index in [1.54, 1.807) is 4.90 Å². The summed E-state index contributed by atoms with van der Waals surface area (Å²) < 4.78 is 7.38. The Morgan fingerprint density at radius 3 is 2.73 bits per heavy atom. The number of para-hydroxylation sites is 2. The van der Waals surface area contributed by atoms with Gasteiger partial charge in [0.1, 0.15) is 5.75 Å². The predicted octanol–water partition coefficient (Wildman–Crippen LogP) is 2.53. The lowest BCUT2D eigenvalue weighted by Crippen LogP contribution is -2.42. The van der Waals surface area contributed by atoms with Gasteiger partial charge in [-0.25, -0.2) is 4.99 Å². The average Bonchev–Trinajstić information content (AvgIpc) is 2.96. The maximum atomic E-state index is 12.2. The molecule has 0 radical (unpaired) electrons. The third-order valence-corrected chi connectivity index (χ3v) is 5.06. The number of hydrogen-bond donors (Lipinski definition) is 2. The van der Waals surface area contributed by atoms with Crippen LogP contribution in [-0.4, -0.2) is 47.9 Å². The maximum absolute atomic E-state index is 12.2. The van der Waals surface area contributed by atoms with E-state index in [0.717, 1.165) is 47.3 Å². The van der Waals surface area contributed by atoms with Crippen molar-refractivity contribution >= 4 is 41.5 Å². The predicted molar refractivity (Wildman–Crippen MR) is 130 cm³/mol. The maximum Gasteiger partial charge on any atom is 0.265 e. The van der Waals surface area contributed by atoms with E-state index in [2.05, 4.69) is 22.7 Å². The van der Waals surface area contributed by atoms with E-state index in [9.17, 15) is 4.79 Å². The monoisotopic (exact) mass is 526 g/mol. The van der Waals surface area contributed by atoms with Crippen LogP contribution in [0.25, 0.3) is 0 Å². The van der Waals surface area contributed by atoms with Crippen LogP contribution in [0.2, 0.25) is 0 Å². The Morgan fingerprint density at radius 2 is 2.03 bits per heavy atom. The van der Waals surface area contributed by atoms with Gasteiger partial charge in [0.05, 0.1) is 17.9 Å². The average molecular weight is 526 g/mol. The largest absolute Gasteiger partial charge is 0.482 e. The highest BCUT2D eigenvalue weighted by Gasteiger charge is 2.24. The van der Waals surface area contributed by atoms with Gasteiger partial charge in [-0.15, -0.1) is 24.0 Å². The van der Waals surface area contributed by atoms with E-state index in [-0.39, 0.29) is 36.5 Å². The number of aliphatic imine (C=N–C) groups is 1. The highest BCUT2D eigenvalue weighted by atomic mass is 127. The first-order valence-electron chi connectivity index (χ1n) is 10.0. The quantitative estimate of drug-likeness (QED) is 0.251. The minimum absolute atomic E-state index is 0. The molecule has 30 heavy (non-hydrogen) atoms. The molecule has 0 unspecified atom stereocenters. The molecule has 0 spiro atoms.